The summed E-state index contributed by atoms with van der Waals surface area (Å²) in [6, 6.07) is 11.2. The number of nitrogens with zero attached hydrogens (tertiary/aromatic N) is 1. The first-order chi connectivity index (χ1) is 6.74. The van der Waals surface area contributed by atoms with Crippen LogP contribution in [0.2, 0.25) is 0 Å². The van der Waals surface area contributed by atoms with Gasteiger partial charge in [0, 0.05) is 6.92 Å². The molecule has 0 aliphatic rings. The maximum atomic E-state index is 10.8. The highest BCUT2D eigenvalue weighted by atomic mass is 16.5. The first-order valence-corrected chi connectivity index (χ1v) is 4.33. The van der Waals surface area contributed by atoms with E-state index in [-0.39, 0.29) is 12.4 Å². The molecular formula is C11H11NO2. The van der Waals surface area contributed by atoms with Gasteiger partial charge in [0.1, 0.15) is 6.10 Å². The zero-order valence-corrected chi connectivity index (χ0v) is 7.93. The summed E-state index contributed by atoms with van der Waals surface area (Å²) in [5.41, 5.74) is 0.851. The van der Waals surface area contributed by atoms with Gasteiger partial charge in [0.2, 0.25) is 0 Å². The quantitative estimate of drug-likeness (QED) is 0.685. The third-order valence-corrected chi connectivity index (χ3v) is 1.76. The number of esters is 1. The zero-order valence-electron chi connectivity index (χ0n) is 7.93. The second-order valence-corrected chi connectivity index (χ2v) is 2.87. The minimum absolute atomic E-state index is 0.184. The normalized spacial score (nSPS) is 11.4. The Morgan fingerprint density at radius 2 is 2.14 bits per heavy atom. The van der Waals surface area contributed by atoms with Crippen LogP contribution in [0.15, 0.2) is 30.3 Å². The van der Waals surface area contributed by atoms with Crippen molar-refractivity contribution in [1.82, 2.24) is 0 Å². The molecule has 0 aromatic heterocycles. The molecular weight excluding hydrogens is 178 g/mol. The second kappa shape index (κ2) is 5.03. The lowest BCUT2D eigenvalue weighted by Crippen LogP contribution is -2.07. The molecule has 0 saturated carbocycles. The predicted octanol–water partition coefficient (Wildman–Crippen LogP) is 2.20. The minimum Gasteiger partial charge on any atom is -0.457 e. The van der Waals surface area contributed by atoms with Crippen LogP contribution in [0, 0.1) is 11.3 Å². The zero-order chi connectivity index (χ0) is 10.4. The summed E-state index contributed by atoms with van der Waals surface area (Å²) in [5, 5.41) is 8.57. The molecule has 3 heteroatoms. The Kier molecular flexibility index (Phi) is 3.69. The second-order valence-electron chi connectivity index (χ2n) is 2.87. The summed E-state index contributed by atoms with van der Waals surface area (Å²) >= 11 is 0. The van der Waals surface area contributed by atoms with Crippen LogP contribution in [0.1, 0.15) is 25.0 Å². The lowest BCUT2D eigenvalue weighted by atomic mass is 10.1. The SMILES string of the molecule is CC(=O)O[C@@H](CC#N)c1ccccc1. The Balaban J connectivity index is 2.78. The number of nitriles is 1. The molecule has 0 radical (unpaired) electrons. The predicted molar refractivity (Wildman–Crippen MR) is 51.2 cm³/mol. The van der Waals surface area contributed by atoms with Crippen molar-refractivity contribution in [1.29, 1.82) is 5.26 Å². The molecule has 0 unspecified atom stereocenters. The number of rotatable bonds is 3. The largest absolute Gasteiger partial charge is 0.457 e. The summed E-state index contributed by atoms with van der Waals surface area (Å²) < 4.78 is 5.02. The summed E-state index contributed by atoms with van der Waals surface area (Å²) in [6.45, 7) is 1.34. The van der Waals surface area contributed by atoms with Crippen molar-refractivity contribution < 1.29 is 9.53 Å². The lowest BCUT2D eigenvalue weighted by Gasteiger charge is -2.13. The Morgan fingerprint density at radius 1 is 1.50 bits per heavy atom. The van der Waals surface area contributed by atoms with Crippen molar-refractivity contribution in [3.63, 3.8) is 0 Å². The smallest absolute Gasteiger partial charge is 0.303 e. The maximum absolute atomic E-state index is 10.8. The van der Waals surface area contributed by atoms with E-state index in [4.69, 9.17) is 10.00 Å². The molecule has 0 fully saturated rings. The monoisotopic (exact) mass is 189 g/mol. The summed E-state index contributed by atoms with van der Waals surface area (Å²) in [6.07, 6.45) is -0.262. The van der Waals surface area contributed by atoms with E-state index in [0.29, 0.717) is 0 Å². The molecule has 3 nitrogen and oxygen atoms in total. The standard InChI is InChI=1S/C11H11NO2/c1-9(13)14-11(7-8-12)10-5-3-2-4-6-10/h2-6,11H,7H2,1H3/t11-/m0/s1. The van der Waals surface area contributed by atoms with Crippen LogP contribution in [-0.2, 0) is 9.53 Å². The van der Waals surface area contributed by atoms with Gasteiger partial charge in [0.05, 0.1) is 12.5 Å². The van der Waals surface area contributed by atoms with Gasteiger partial charge < -0.3 is 4.74 Å². The highest BCUT2D eigenvalue weighted by Crippen LogP contribution is 2.20. The summed E-state index contributed by atoms with van der Waals surface area (Å²) in [7, 11) is 0. The first-order valence-electron chi connectivity index (χ1n) is 4.33. The van der Waals surface area contributed by atoms with Gasteiger partial charge in [-0.3, -0.25) is 4.79 Å². The van der Waals surface area contributed by atoms with E-state index in [2.05, 4.69) is 0 Å². The highest BCUT2D eigenvalue weighted by molar-refractivity contribution is 5.66. The number of benzene rings is 1. The van der Waals surface area contributed by atoms with Crippen LogP contribution in [0.25, 0.3) is 0 Å². The van der Waals surface area contributed by atoms with Crippen LogP contribution in [-0.4, -0.2) is 5.97 Å². The Bertz CT molecular complexity index is 340. The van der Waals surface area contributed by atoms with Crippen LogP contribution in [0.5, 0.6) is 0 Å². The molecule has 72 valence electrons. The van der Waals surface area contributed by atoms with Crippen LogP contribution in [0.3, 0.4) is 0 Å². The minimum atomic E-state index is -0.446. The third-order valence-electron chi connectivity index (χ3n) is 1.76. The van der Waals surface area contributed by atoms with Gasteiger partial charge in [0.15, 0.2) is 0 Å². The molecule has 0 bridgehead atoms. The van der Waals surface area contributed by atoms with Gasteiger partial charge in [-0.1, -0.05) is 30.3 Å². The first kappa shape index (κ1) is 10.3. The van der Waals surface area contributed by atoms with E-state index >= 15 is 0 Å². The average Bonchev–Trinajstić information content (AvgIpc) is 2.18. The van der Waals surface area contributed by atoms with Crippen molar-refractivity contribution >= 4 is 5.97 Å². The molecule has 1 rings (SSSR count). The third kappa shape index (κ3) is 2.91. The molecule has 0 amide bonds. The Hall–Kier alpha value is -1.82. The number of carbonyl (C=O) groups excluding carboxylic acids is 1. The van der Waals surface area contributed by atoms with Crippen molar-refractivity contribution in [2.24, 2.45) is 0 Å². The highest BCUT2D eigenvalue weighted by Gasteiger charge is 2.13. The van der Waals surface area contributed by atoms with Crippen LogP contribution >= 0.6 is 0 Å². The van der Waals surface area contributed by atoms with E-state index < -0.39 is 6.10 Å². The van der Waals surface area contributed by atoms with Crippen molar-refractivity contribution in [2.45, 2.75) is 19.4 Å². The number of hydrogen-bond donors (Lipinski definition) is 0. The van der Waals surface area contributed by atoms with Gasteiger partial charge in [0.25, 0.3) is 0 Å². The molecule has 1 aromatic rings. The summed E-state index contributed by atoms with van der Waals surface area (Å²) in [5.74, 6) is -0.367. The lowest BCUT2D eigenvalue weighted by molar-refractivity contribution is -0.146. The van der Waals surface area contributed by atoms with Gasteiger partial charge in [-0.2, -0.15) is 5.26 Å². The Morgan fingerprint density at radius 3 is 2.64 bits per heavy atom. The van der Waals surface area contributed by atoms with Gasteiger partial charge >= 0.3 is 5.97 Å². The number of carbonyl (C=O) groups is 1. The van der Waals surface area contributed by atoms with Gasteiger partial charge in [-0.05, 0) is 5.56 Å². The van der Waals surface area contributed by atoms with Crippen molar-refractivity contribution in [3.05, 3.63) is 35.9 Å². The molecule has 0 spiro atoms. The number of hydrogen-bond acceptors (Lipinski definition) is 3. The van der Waals surface area contributed by atoms with E-state index in [1.165, 1.54) is 6.92 Å². The molecule has 0 aliphatic heterocycles. The van der Waals surface area contributed by atoms with E-state index in [0.717, 1.165) is 5.56 Å². The van der Waals surface area contributed by atoms with Crippen LogP contribution in [0.4, 0.5) is 0 Å². The van der Waals surface area contributed by atoms with Gasteiger partial charge in [-0.15, -0.1) is 0 Å². The van der Waals surface area contributed by atoms with Crippen LogP contribution < -0.4 is 0 Å². The summed E-state index contributed by atoms with van der Waals surface area (Å²) in [4.78, 5) is 10.8. The molecule has 1 aromatic carbocycles. The average molecular weight is 189 g/mol. The molecule has 0 aliphatic carbocycles. The molecule has 0 saturated heterocycles. The maximum Gasteiger partial charge on any atom is 0.303 e. The van der Waals surface area contributed by atoms with E-state index in [9.17, 15) is 4.79 Å². The van der Waals surface area contributed by atoms with E-state index in [1.54, 1.807) is 0 Å². The fourth-order valence-corrected chi connectivity index (χ4v) is 1.18. The fourth-order valence-electron chi connectivity index (χ4n) is 1.18. The van der Waals surface area contributed by atoms with Crippen molar-refractivity contribution in [2.75, 3.05) is 0 Å². The molecule has 0 heterocycles. The molecule has 1 atom stereocenters. The van der Waals surface area contributed by atoms with Gasteiger partial charge in [-0.25, -0.2) is 0 Å². The van der Waals surface area contributed by atoms with E-state index in [1.807, 2.05) is 36.4 Å². The number of ether oxygens (including phenoxy) is 1. The fraction of sp³-hybridized carbons (Fsp3) is 0.273. The molecule has 14 heavy (non-hydrogen) atoms. The topological polar surface area (TPSA) is 50.1 Å². The van der Waals surface area contributed by atoms with Crippen molar-refractivity contribution in [3.8, 4) is 6.07 Å². The molecule has 0 N–H and O–H groups in total. The Labute approximate surface area is 82.9 Å².